The summed E-state index contributed by atoms with van der Waals surface area (Å²) in [5, 5.41) is 9.09. The molecule has 3 aromatic rings. The molecule has 0 aliphatic carbocycles. The van der Waals surface area contributed by atoms with E-state index in [-0.39, 0.29) is 0 Å². The van der Waals surface area contributed by atoms with Crippen LogP contribution in [0.25, 0.3) is 22.6 Å². The van der Waals surface area contributed by atoms with Crippen molar-refractivity contribution in [3.8, 4) is 17.6 Å². The molecule has 0 saturated heterocycles. The number of nitriles is 1. The van der Waals surface area contributed by atoms with Crippen LogP contribution in [0.5, 0.6) is 0 Å². The van der Waals surface area contributed by atoms with Crippen LogP contribution >= 0.6 is 0 Å². The first-order valence-electron chi connectivity index (χ1n) is 5.58. The first kappa shape index (κ1) is 10.5. The molecule has 0 saturated carbocycles. The van der Waals surface area contributed by atoms with E-state index >= 15 is 0 Å². The Morgan fingerprint density at radius 3 is 2.78 bits per heavy atom. The Kier molecular flexibility index (Phi) is 2.31. The van der Waals surface area contributed by atoms with Crippen molar-refractivity contribution >= 4 is 11.0 Å². The average Bonchev–Trinajstić information content (AvgIpc) is 2.77. The molecule has 3 rings (SSSR count). The SMILES string of the molecule is Cn1c(-c2ccccn2)nc2c(C#N)cccc21. The molecule has 0 N–H and O–H groups in total. The van der Waals surface area contributed by atoms with Crippen molar-refractivity contribution in [3.05, 3.63) is 48.2 Å². The van der Waals surface area contributed by atoms with Crippen LogP contribution in [0.4, 0.5) is 0 Å². The van der Waals surface area contributed by atoms with E-state index in [2.05, 4.69) is 16.0 Å². The standard InChI is InChI=1S/C14H10N4/c1-18-12-7-4-5-10(9-15)13(12)17-14(18)11-6-2-3-8-16-11/h2-8H,1H3. The van der Waals surface area contributed by atoms with Gasteiger partial charge in [0.25, 0.3) is 0 Å². The minimum atomic E-state index is 0.588. The zero-order valence-electron chi connectivity index (χ0n) is 9.83. The van der Waals surface area contributed by atoms with E-state index in [0.29, 0.717) is 5.56 Å². The maximum Gasteiger partial charge on any atom is 0.159 e. The minimum absolute atomic E-state index is 0.588. The summed E-state index contributed by atoms with van der Waals surface area (Å²) in [6.07, 6.45) is 1.74. The van der Waals surface area contributed by atoms with Gasteiger partial charge in [0.05, 0.1) is 11.1 Å². The van der Waals surface area contributed by atoms with Gasteiger partial charge < -0.3 is 4.57 Å². The number of aryl methyl sites for hydroxylation is 1. The molecule has 0 amide bonds. The summed E-state index contributed by atoms with van der Waals surface area (Å²) in [4.78, 5) is 8.83. The molecule has 0 radical (unpaired) electrons. The fourth-order valence-electron chi connectivity index (χ4n) is 2.03. The zero-order valence-corrected chi connectivity index (χ0v) is 9.83. The Hall–Kier alpha value is -2.67. The second-order valence-corrected chi connectivity index (χ2v) is 3.99. The topological polar surface area (TPSA) is 54.5 Å². The van der Waals surface area contributed by atoms with E-state index in [9.17, 15) is 0 Å². The van der Waals surface area contributed by atoms with Crippen LogP contribution in [-0.2, 0) is 7.05 Å². The molecule has 0 unspecified atom stereocenters. The van der Waals surface area contributed by atoms with Gasteiger partial charge in [-0.05, 0) is 24.3 Å². The highest BCUT2D eigenvalue weighted by Gasteiger charge is 2.12. The van der Waals surface area contributed by atoms with Crippen LogP contribution < -0.4 is 0 Å². The van der Waals surface area contributed by atoms with Gasteiger partial charge >= 0.3 is 0 Å². The number of imidazole rings is 1. The number of hydrogen-bond donors (Lipinski definition) is 0. The second kappa shape index (κ2) is 3.97. The molecular formula is C14H10N4. The molecule has 1 aromatic carbocycles. The quantitative estimate of drug-likeness (QED) is 0.650. The molecule has 86 valence electrons. The molecule has 2 heterocycles. The highest BCUT2D eigenvalue weighted by atomic mass is 15.1. The van der Waals surface area contributed by atoms with Crippen LogP contribution in [0.3, 0.4) is 0 Å². The van der Waals surface area contributed by atoms with Crippen LogP contribution in [0, 0.1) is 11.3 Å². The molecule has 4 nitrogen and oxygen atoms in total. The third kappa shape index (κ3) is 1.45. The maximum absolute atomic E-state index is 9.09. The van der Waals surface area contributed by atoms with Gasteiger partial charge in [0.1, 0.15) is 17.3 Å². The summed E-state index contributed by atoms with van der Waals surface area (Å²) >= 11 is 0. The smallest absolute Gasteiger partial charge is 0.159 e. The number of rotatable bonds is 1. The maximum atomic E-state index is 9.09. The first-order chi connectivity index (χ1) is 8.81. The number of aromatic nitrogens is 3. The van der Waals surface area contributed by atoms with Crippen molar-refractivity contribution in [2.45, 2.75) is 0 Å². The van der Waals surface area contributed by atoms with Crippen LogP contribution in [-0.4, -0.2) is 14.5 Å². The van der Waals surface area contributed by atoms with Crippen molar-refractivity contribution < 1.29 is 0 Å². The molecule has 18 heavy (non-hydrogen) atoms. The monoisotopic (exact) mass is 234 g/mol. The van der Waals surface area contributed by atoms with E-state index in [0.717, 1.165) is 22.6 Å². The van der Waals surface area contributed by atoms with Crippen molar-refractivity contribution in [3.63, 3.8) is 0 Å². The van der Waals surface area contributed by atoms with Gasteiger partial charge in [-0.3, -0.25) is 4.98 Å². The highest BCUT2D eigenvalue weighted by molar-refractivity contribution is 5.85. The summed E-state index contributed by atoms with van der Waals surface area (Å²) in [5.41, 5.74) is 3.06. The third-order valence-corrected chi connectivity index (χ3v) is 2.93. The van der Waals surface area contributed by atoms with Crippen molar-refractivity contribution in [2.75, 3.05) is 0 Å². The van der Waals surface area contributed by atoms with Crippen LogP contribution in [0.15, 0.2) is 42.6 Å². The normalized spacial score (nSPS) is 10.4. The predicted molar refractivity (Wildman–Crippen MR) is 68.7 cm³/mol. The average molecular weight is 234 g/mol. The third-order valence-electron chi connectivity index (χ3n) is 2.93. The molecule has 4 heteroatoms. The van der Waals surface area contributed by atoms with Gasteiger partial charge in [0.2, 0.25) is 0 Å². The molecular weight excluding hydrogens is 224 g/mol. The van der Waals surface area contributed by atoms with Gasteiger partial charge in [0, 0.05) is 13.2 Å². The van der Waals surface area contributed by atoms with E-state index < -0.39 is 0 Å². The summed E-state index contributed by atoms with van der Waals surface area (Å²) < 4.78 is 1.96. The first-order valence-corrected chi connectivity index (χ1v) is 5.58. The molecule has 0 aliphatic rings. The molecule has 0 aliphatic heterocycles. The fourth-order valence-corrected chi connectivity index (χ4v) is 2.03. The van der Waals surface area contributed by atoms with E-state index in [4.69, 9.17) is 5.26 Å². The van der Waals surface area contributed by atoms with Gasteiger partial charge in [-0.1, -0.05) is 12.1 Å². The van der Waals surface area contributed by atoms with Crippen molar-refractivity contribution in [2.24, 2.45) is 7.05 Å². The molecule has 0 fully saturated rings. The number of fused-ring (bicyclic) bond motifs is 1. The lowest BCUT2D eigenvalue weighted by atomic mass is 10.2. The Bertz CT molecular complexity index is 751. The Labute approximate surface area is 104 Å². The highest BCUT2D eigenvalue weighted by Crippen LogP contribution is 2.23. The molecule has 0 spiro atoms. The Morgan fingerprint density at radius 2 is 2.06 bits per heavy atom. The minimum Gasteiger partial charge on any atom is -0.326 e. The Balaban J connectivity index is 2.34. The molecule has 2 aromatic heterocycles. The molecule has 0 bridgehead atoms. The number of nitrogens with zero attached hydrogens (tertiary/aromatic N) is 4. The Morgan fingerprint density at radius 1 is 1.17 bits per heavy atom. The van der Waals surface area contributed by atoms with Crippen LogP contribution in [0.2, 0.25) is 0 Å². The number of hydrogen-bond acceptors (Lipinski definition) is 3. The lowest BCUT2D eigenvalue weighted by molar-refractivity contribution is 0.950. The summed E-state index contributed by atoms with van der Waals surface area (Å²) in [5.74, 6) is 0.772. The fraction of sp³-hybridized carbons (Fsp3) is 0.0714. The lowest BCUT2D eigenvalue weighted by Crippen LogP contribution is -1.93. The number of pyridine rings is 1. The summed E-state index contributed by atoms with van der Waals surface area (Å²) in [6, 6.07) is 13.5. The molecule has 0 atom stereocenters. The van der Waals surface area contributed by atoms with E-state index in [1.54, 1.807) is 12.3 Å². The van der Waals surface area contributed by atoms with Gasteiger partial charge in [-0.2, -0.15) is 5.26 Å². The van der Waals surface area contributed by atoms with E-state index in [1.807, 2.05) is 41.9 Å². The van der Waals surface area contributed by atoms with Gasteiger partial charge in [-0.15, -0.1) is 0 Å². The van der Waals surface area contributed by atoms with Crippen molar-refractivity contribution in [1.82, 2.24) is 14.5 Å². The largest absolute Gasteiger partial charge is 0.326 e. The number of benzene rings is 1. The van der Waals surface area contributed by atoms with Crippen molar-refractivity contribution in [1.29, 1.82) is 5.26 Å². The summed E-state index contributed by atoms with van der Waals surface area (Å²) in [6.45, 7) is 0. The lowest BCUT2D eigenvalue weighted by Gasteiger charge is -2.00. The second-order valence-electron chi connectivity index (χ2n) is 3.99. The van der Waals surface area contributed by atoms with Crippen LogP contribution in [0.1, 0.15) is 5.56 Å². The van der Waals surface area contributed by atoms with E-state index in [1.165, 1.54) is 0 Å². The van der Waals surface area contributed by atoms with Gasteiger partial charge in [-0.25, -0.2) is 4.98 Å². The van der Waals surface area contributed by atoms with Gasteiger partial charge in [0.15, 0.2) is 5.82 Å². The number of para-hydroxylation sites is 1. The predicted octanol–water partition coefficient (Wildman–Crippen LogP) is 2.51. The summed E-state index contributed by atoms with van der Waals surface area (Å²) in [7, 11) is 1.93. The zero-order chi connectivity index (χ0) is 12.5.